The second-order valence-corrected chi connectivity index (χ2v) is 15.1. The average Bonchev–Trinajstić information content (AvgIpc) is 3.82. The van der Waals surface area contributed by atoms with Crippen LogP contribution in [-0.4, -0.2) is 0 Å². The second-order valence-electron chi connectivity index (χ2n) is 14.1. The van der Waals surface area contributed by atoms with Gasteiger partial charge in [-0.15, -0.1) is 11.3 Å². The summed E-state index contributed by atoms with van der Waals surface area (Å²) >= 11 is 1.85. The molecule has 0 unspecified atom stereocenters. The van der Waals surface area contributed by atoms with Crippen LogP contribution in [0.2, 0.25) is 0 Å². The van der Waals surface area contributed by atoms with Gasteiger partial charge in [-0.3, -0.25) is 0 Å². The van der Waals surface area contributed by atoms with E-state index in [1.807, 2.05) is 17.4 Å². The van der Waals surface area contributed by atoms with Crippen molar-refractivity contribution in [2.45, 2.75) is 0 Å². The predicted molar refractivity (Wildman–Crippen MR) is 235 cm³/mol. The van der Waals surface area contributed by atoms with Gasteiger partial charge in [-0.1, -0.05) is 152 Å². The number of rotatable bonds is 6. The molecule has 0 saturated heterocycles. The molecule has 0 saturated carbocycles. The summed E-state index contributed by atoms with van der Waals surface area (Å²) < 4.78 is 9.22. The van der Waals surface area contributed by atoms with E-state index in [4.69, 9.17) is 4.42 Å². The molecule has 0 bridgehead atoms. The molecule has 2 nitrogen and oxygen atoms in total. The summed E-state index contributed by atoms with van der Waals surface area (Å²) in [5.74, 6) is 0. The Labute approximate surface area is 322 Å². The molecule has 0 spiro atoms. The molecule has 0 aliphatic rings. The molecular weight excluding hydrogens is 687 g/mol. The molecule has 2 heterocycles. The molecule has 0 fully saturated rings. The fraction of sp³-hybridized carbons (Fsp3) is 0. The minimum Gasteiger partial charge on any atom is -0.455 e. The average molecular weight is 720 g/mol. The summed E-state index contributed by atoms with van der Waals surface area (Å²) in [6.07, 6.45) is 0. The first-order chi connectivity index (χ1) is 27.3. The van der Waals surface area contributed by atoms with E-state index in [0.29, 0.717) is 0 Å². The molecular formula is C52H33NOS. The second kappa shape index (κ2) is 12.9. The summed E-state index contributed by atoms with van der Waals surface area (Å²) in [7, 11) is 0. The molecule has 258 valence electrons. The van der Waals surface area contributed by atoms with Crippen molar-refractivity contribution in [1.29, 1.82) is 0 Å². The first-order valence-electron chi connectivity index (χ1n) is 18.7. The Morgan fingerprint density at radius 2 is 0.964 bits per heavy atom. The molecule has 55 heavy (non-hydrogen) atoms. The maximum Gasteiger partial charge on any atom is 0.143 e. The third-order valence-corrected chi connectivity index (χ3v) is 12.0. The van der Waals surface area contributed by atoms with Crippen LogP contribution in [0.3, 0.4) is 0 Å². The van der Waals surface area contributed by atoms with Gasteiger partial charge in [-0.25, -0.2) is 0 Å². The zero-order valence-corrected chi connectivity index (χ0v) is 30.6. The molecule has 2 aromatic heterocycles. The molecule has 11 rings (SSSR count). The predicted octanol–water partition coefficient (Wildman–Crippen LogP) is 15.6. The first-order valence-corrected chi connectivity index (χ1v) is 19.5. The Balaban J connectivity index is 1.13. The smallest absolute Gasteiger partial charge is 0.143 e. The highest BCUT2D eigenvalue weighted by atomic mass is 32.1. The molecule has 11 aromatic rings. The van der Waals surface area contributed by atoms with Crippen molar-refractivity contribution >= 4 is 81.3 Å². The van der Waals surface area contributed by atoms with E-state index in [0.717, 1.165) is 61.3 Å². The van der Waals surface area contributed by atoms with Crippen molar-refractivity contribution in [3.8, 4) is 33.4 Å². The number of benzene rings is 9. The van der Waals surface area contributed by atoms with Crippen LogP contribution in [-0.2, 0) is 0 Å². The summed E-state index contributed by atoms with van der Waals surface area (Å²) in [5, 5.41) is 7.33. The lowest BCUT2D eigenvalue weighted by molar-refractivity contribution is 0.670. The van der Waals surface area contributed by atoms with Crippen molar-refractivity contribution in [3.63, 3.8) is 0 Å². The zero-order chi connectivity index (χ0) is 36.3. The largest absolute Gasteiger partial charge is 0.455 e. The SMILES string of the molecule is c1ccc(-c2ccc(N(c3ccc(-c4cccc5ccccc45)cc3)c3ccc4c(c3)sc3ccccc34)cc2-c2cccc3c2oc2ccccc23)cc1. The lowest BCUT2D eigenvalue weighted by atomic mass is 9.92. The Bertz CT molecular complexity index is 3200. The maximum absolute atomic E-state index is 6.65. The monoisotopic (exact) mass is 719 g/mol. The Morgan fingerprint density at radius 3 is 1.85 bits per heavy atom. The lowest BCUT2D eigenvalue weighted by Crippen LogP contribution is -2.10. The topological polar surface area (TPSA) is 16.4 Å². The van der Waals surface area contributed by atoms with Crippen LogP contribution in [0.4, 0.5) is 17.1 Å². The number of furan rings is 1. The van der Waals surface area contributed by atoms with E-state index < -0.39 is 0 Å². The lowest BCUT2D eigenvalue weighted by Gasteiger charge is -2.27. The fourth-order valence-corrected chi connectivity index (χ4v) is 9.43. The Kier molecular flexibility index (Phi) is 7.39. The van der Waals surface area contributed by atoms with E-state index in [9.17, 15) is 0 Å². The third-order valence-electron chi connectivity index (χ3n) is 10.9. The van der Waals surface area contributed by atoms with Gasteiger partial charge in [0.1, 0.15) is 11.2 Å². The summed E-state index contributed by atoms with van der Waals surface area (Å²) in [6, 6.07) is 72.2. The number of nitrogens with zero attached hydrogens (tertiary/aromatic N) is 1. The Morgan fingerprint density at radius 1 is 0.345 bits per heavy atom. The molecule has 3 heteroatoms. The van der Waals surface area contributed by atoms with Crippen molar-refractivity contribution < 1.29 is 4.42 Å². The molecule has 0 atom stereocenters. The van der Waals surface area contributed by atoms with Gasteiger partial charge >= 0.3 is 0 Å². The standard InChI is InChI=1S/C52H33NOS/c1-2-12-34(13-3-1)42-30-28-38(32-48(42)47-21-11-20-46-43-17-6-8-22-49(43)54-52(46)47)53(39-29-31-45-44-18-7-9-23-50(44)55-51(45)33-39)37-26-24-36(25-27-37)41-19-10-15-35-14-4-5-16-40(35)41/h1-33H. The highest BCUT2D eigenvalue weighted by Crippen LogP contribution is 2.46. The number of hydrogen-bond acceptors (Lipinski definition) is 3. The van der Waals surface area contributed by atoms with Gasteiger partial charge in [-0.2, -0.15) is 0 Å². The molecule has 0 amide bonds. The van der Waals surface area contributed by atoms with Crippen molar-refractivity contribution in [2.75, 3.05) is 4.90 Å². The fourth-order valence-electron chi connectivity index (χ4n) is 8.29. The number of para-hydroxylation sites is 2. The number of anilines is 3. The van der Waals surface area contributed by atoms with E-state index in [2.05, 4.69) is 199 Å². The summed E-state index contributed by atoms with van der Waals surface area (Å²) in [5.41, 5.74) is 12.0. The third kappa shape index (κ3) is 5.32. The zero-order valence-electron chi connectivity index (χ0n) is 29.8. The van der Waals surface area contributed by atoms with Gasteiger partial charge in [0.2, 0.25) is 0 Å². The van der Waals surface area contributed by atoms with Gasteiger partial charge in [0, 0.05) is 53.6 Å². The quantitative estimate of drug-likeness (QED) is 0.170. The normalized spacial score (nSPS) is 11.6. The molecule has 0 N–H and O–H groups in total. The van der Waals surface area contributed by atoms with Gasteiger partial charge in [-0.05, 0) is 87.1 Å². The summed E-state index contributed by atoms with van der Waals surface area (Å²) in [6.45, 7) is 0. The van der Waals surface area contributed by atoms with Crippen molar-refractivity contribution in [3.05, 3.63) is 200 Å². The van der Waals surface area contributed by atoms with Crippen LogP contribution < -0.4 is 4.90 Å². The highest BCUT2D eigenvalue weighted by Gasteiger charge is 2.20. The van der Waals surface area contributed by atoms with E-state index in [1.54, 1.807) is 0 Å². The number of fused-ring (bicyclic) bond motifs is 7. The van der Waals surface area contributed by atoms with Gasteiger partial charge in [0.05, 0.1) is 0 Å². The van der Waals surface area contributed by atoms with Crippen LogP contribution in [0.15, 0.2) is 205 Å². The van der Waals surface area contributed by atoms with E-state index in [1.165, 1.54) is 42.1 Å². The number of thiophene rings is 1. The van der Waals surface area contributed by atoms with Gasteiger partial charge < -0.3 is 9.32 Å². The van der Waals surface area contributed by atoms with Crippen LogP contribution in [0, 0.1) is 0 Å². The molecule has 0 aliphatic carbocycles. The highest BCUT2D eigenvalue weighted by molar-refractivity contribution is 7.25. The first kappa shape index (κ1) is 31.6. The maximum atomic E-state index is 6.65. The van der Waals surface area contributed by atoms with Crippen molar-refractivity contribution in [1.82, 2.24) is 0 Å². The van der Waals surface area contributed by atoms with Crippen LogP contribution in [0.25, 0.3) is 86.3 Å². The minimum absolute atomic E-state index is 0.895. The van der Waals surface area contributed by atoms with Crippen molar-refractivity contribution in [2.24, 2.45) is 0 Å². The summed E-state index contributed by atoms with van der Waals surface area (Å²) in [4.78, 5) is 2.40. The van der Waals surface area contributed by atoms with Gasteiger partial charge in [0.25, 0.3) is 0 Å². The van der Waals surface area contributed by atoms with Crippen LogP contribution in [0.1, 0.15) is 0 Å². The molecule has 0 aliphatic heterocycles. The number of hydrogen-bond donors (Lipinski definition) is 0. The minimum atomic E-state index is 0.895. The molecule has 9 aromatic carbocycles. The molecule has 0 radical (unpaired) electrons. The van der Waals surface area contributed by atoms with E-state index in [-0.39, 0.29) is 0 Å². The van der Waals surface area contributed by atoms with Crippen LogP contribution >= 0.6 is 11.3 Å². The Hall–Kier alpha value is -6.94. The van der Waals surface area contributed by atoms with E-state index >= 15 is 0 Å². The van der Waals surface area contributed by atoms with Crippen LogP contribution in [0.5, 0.6) is 0 Å². The van der Waals surface area contributed by atoms with Gasteiger partial charge in [0.15, 0.2) is 0 Å².